The van der Waals surface area contributed by atoms with Gasteiger partial charge in [0, 0.05) is 0 Å². The topological polar surface area (TPSA) is 0 Å². The average molecular weight is 290 g/mol. The fourth-order valence-corrected chi connectivity index (χ4v) is 4.27. The highest BCUT2D eigenvalue weighted by Crippen LogP contribution is 2.38. The van der Waals surface area contributed by atoms with E-state index in [-0.39, 0.29) is 0 Å². The molecule has 0 amide bonds. The number of rotatable bonds is 5. The highest BCUT2D eigenvalue weighted by molar-refractivity contribution is 6.93. The van der Waals surface area contributed by atoms with Crippen LogP contribution in [0.3, 0.4) is 0 Å². The lowest BCUT2D eigenvalue weighted by molar-refractivity contribution is 0.966. The lowest BCUT2D eigenvalue weighted by atomic mass is 10.5. The molecule has 0 fully saturated rings. The Hall–Kier alpha value is 0.597. The summed E-state index contributed by atoms with van der Waals surface area (Å²) in [6, 6.07) is 0.543. The molecule has 0 aromatic rings. The molecule has 80 valence electrons. The van der Waals surface area contributed by atoms with Gasteiger partial charge in [0.1, 0.15) is 8.07 Å². The van der Waals surface area contributed by atoms with Gasteiger partial charge in [0.15, 0.2) is 0 Å². The zero-order valence-corrected chi connectivity index (χ0v) is 11.7. The highest BCUT2D eigenvalue weighted by atomic mass is 35.6. The molecule has 0 heterocycles. The third-order valence-electron chi connectivity index (χ3n) is 2.03. The lowest BCUT2D eigenvalue weighted by Gasteiger charge is -2.26. The minimum Gasteiger partial charge on any atom is -0.119 e. The van der Waals surface area contributed by atoms with Crippen molar-refractivity contribution in [3.63, 3.8) is 0 Å². The molecule has 0 spiro atoms. The molecule has 0 saturated carbocycles. The first-order chi connectivity index (χ1) is 6.31. The Kier molecular flexibility index (Phi) is 5.86. The number of hydrogen-bond acceptors (Lipinski definition) is 0. The standard InChI is InChI=1S/C9H12Cl4Si/c1-4-14(5-2,6-3)7-8(10)9(11,12)13/h4-6,8H,1-3,7H2. The summed E-state index contributed by atoms with van der Waals surface area (Å²) in [5, 5.41) is -0.562. The Morgan fingerprint density at radius 2 is 1.43 bits per heavy atom. The molecule has 0 aromatic carbocycles. The molecule has 14 heavy (non-hydrogen) atoms. The predicted octanol–water partition coefficient (Wildman–Crippen LogP) is 4.59. The molecule has 1 atom stereocenters. The molecule has 5 heteroatoms. The normalized spacial score (nSPS) is 14.6. The Morgan fingerprint density at radius 3 is 1.64 bits per heavy atom. The van der Waals surface area contributed by atoms with Crippen LogP contribution >= 0.6 is 46.4 Å². The first-order valence-electron chi connectivity index (χ1n) is 3.93. The summed E-state index contributed by atoms with van der Waals surface area (Å²) in [4.78, 5) is 0. The van der Waals surface area contributed by atoms with E-state index < -0.39 is 17.2 Å². The zero-order valence-electron chi connectivity index (χ0n) is 7.65. The summed E-state index contributed by atoms with van der Waals surface area (Å²) < 4.78 is -1.46. The van der Waals surface area contributed by atoms with Crippen LogP contribution in [0.5, 0.6) is 0 Å². The molecule has 0 bridgehead atoms. The van der Waals surface area contributed by atoms with Crippen LogP contribution in [0.2, 0.25) is 6.04 Å². The van der Waals surface area contributed by atoms with Gasteiger partial charge in [-0.15, -0.1) is 31.3 Å². The van der Waals surface area contributed by atoms with Gasteiger partial charge in [-0.3, -0.25) is 0 Å². The molecule has 0 aliphatic heterocycles. The first kappa shape index (κ1) is 14.6. The van der Waals surface area contributed by atoms with Gasteiger partial charge in [0.2, 0.25) is 3.79 Å². The van der Waals surface area contributed by atoms with Gasteiger partial charge in [-0.1, -0.05) is 51.9 Å². The Morgan fingerprint density at radius 1 is 1.07 bits per heavy atom. The SMILES string of the molecule is C=C[Si](C=C)(C=C)CC(Cl)C(Cl)(Cl)Cl. The van der Waals surface area contributed by atoms with Crippen LogP contribution in [0.15, 0.2) is 36.8 Å². The fraction of sp³-hybridized carbons (Fsp3) is 0.333. The van der Waals surface area contributed by atoms with Gasteiger partial charge in [0.25, 0.3) is 0 Å². The van der Waals surface area contributed by atoms with Crippen molar-refractivity contribution >= 4 is 54.5 Å². The lowest BCUT2D eigenvalue weighted by Crippen LogP contribution is -2.35. The van der Waals surface area contributed by atoms with Crippen molar-refractivity contribution in [2.24, 2.45) is 0 Å². The van der Waals surface area contributed by atoms with E-state index in [0.717, 1.165) is 0 Å². The maximum atomic E-state index is 5.97. The van der Waals surface area contributed by atoms with E-state index in [1.807, 2.05) is 17.1 Å². The fourth-order valence-electron chi connectivity index (χ4n) is 0.926. The van der Waals surface area contributed by atoms with Crippen LogP contribution in [0.25, 0.3) is 0 Å². The quantitative estimate of drug-likeness (QED) is 0.513. The van der Waals surface area contributed by atoms with Gasteiger partial charge in [-0.2, -0.15) is 0 Å². The molecule has 0 N–H and O–H groups in total. The van der Waals surface area contributed by atoms with Gasteiger partial charge >= 0.3 is 0 Å². The van der Waals surface area contributed by atoms with Gasteiger partial charge in [-0.05, 0) is 6.04 Å². The molecular formula is C9H12Cl4Si. The average Bonchev–Trinajstić information content (AvgIpc) is 2.12. The first-order valence-corrected chi connectivity index (χ1v) is 7.94. The minimum absolute atomic E-state index is 0.543. The molecule has 0 aliphatic carbocycles. The van der Waals surface area contributed by atoms with Gasteiger partial charge in [0.05, 0.1) is 5.38 Å². The number of hydrogen-bond donors (Lipinski definition) is 0. The van der Waals surface area contributed by atoms with E-state index >= 15 is 0 Å². The molecule has 0 rings (SSSR count). The Bertz CT molecular complexity index is 210. The summed E-state index contributed by atoms with van der Waals surface area (Å²) in [7, 11) is -1.98. The molecule has 0 radical (unpaired) electrons. The smallest absolute Gasteiger partial charge is 0.119 e. The van der Waals surface area contributed by atoms with Gasteiger partial charge < -0.3 is 0 Å². The largest absolute Gasteiger partial charge is 0.206 e. The second-order valence-electron chi connectivity index (χ2n) is 2.94. The van der Waals surface area contributed by atoms with Crippen molar-refractivity contribution in [3.05, 3.63) is 36.8 Å². The third-order valence-corrected chi connectivity index (χ3v) is 7.29. The minimum atomic E-state index is -1.98. The molecule has 0 nitrogen and oxygen atoms in total. The predicted molar refractivity (Wildman–Crippen MR) is 71.1 cm³/mol. The van der Waals surface area contributed by atoms with Crippen molar-refractivity contribution in [2.75, 3.05) is 0 Å². The second-order valence-corrected chi connectivity index (χ2v) is 9.69. The van der Waals surface area contributed by atoms with Crippen molar-refractivity contribution < 1.29 is 0 Å². The van der Waals surface area contributed by atoms with E-state index in [9.17, 15) is 0 Å². The monoisotopic (exact) mass is 288 g/mol. The third kappa shape index (κ3) is 3.99. The van der Waals surface area contributed by atoms with E-state index in [0.29, 0.717) is 6.04 Å². The summed E-state index contributed by atoms with van der Waals surface area (Å²) in [5.74, 6) is 0. The van der Waals surface area contributed by atoms with Gasteiger partial charge in [-0.25, -0.2) is 0 Å². The maximum Gasteiger partial charge on any atom is 0.206 e. The van der Waals surface area contributed by atoms with Crippen LogP contribution in [-0.4, -0.2) is 17.2 Å². The van der Waals surface area contributed by atoms with Crippen molar-refractivity contribution in [1.29, 1.82) is 0 Å². The van der Waals surface area contributed by atoms with Crippen LogP contribution in [0, 0.1) is 0 Å². The van der Waals surface area contributed by atoms with E-state index in [2.05, 4.69) is 19.7 Å². The summed E-state index contributed by atoms with van der Waals surface area (Å²) in [5.41, 5.74) is 5.45. The molecule has 1 unspecified atom stereocenters. The Labute approximate surface area is 106 Å². The van der Waals surface area contributed by atoms with Crippen molar-refractivity contribution in [1.82, 2.24) is 0 Å². The molecular weight excluding hydrogens is 278 g/mol. The maximum absolute atomic E-state index is 5.97. The van der Waals surface area contributed by atoms with Crippen molar-refractivity contribution in [2.45, 2.75) is 15.2 Å². The summed E-state index contributed by atoms with van der Waals surface area (Å²) in [6.45, 7) is 11.2. The number of halogens is 4. The molecule has 0 saturated heterocycles. The Balaban J connectivity index is 4.69. The summed E-state index contributed by atoms with van der Waals surface area (Å²) in [6.07, 6.45) is 0. The zero-order chi connectivity index (χ0) is 11.4. The molecule has 0 aliphatic rings. The second kappa shape index (κ2) is 5.62. The highest BCUT2D eigenvalue weighted by Gasteiger charge is 2.36. The van der Waals surface area contributed by atoms with Crippen LogP contribution in [0.4, 0.5) is 0 Å². The summed E-state index contributed by atoms with van der Waals surface area (Å²) >= 11 is 23.0. The van der Waals surface area contributed by atoms with Crippen LogP contribution < -0.4 is 0 Å². The van der Waals surface area contributed by atoms with Crippen LogP contribution in [-0.2, 0) is 0 Å². The number of alkyl halides is 4. The van der Waals surface area contributed by atoms with E-state index in [1.54, 1.807) is 0 Å². The van der Waals surface area contributed by atoms with Crippen molar-refractivity contribution in [3.8, 4) is 0 Å². The van der Waals surface area contributed by atoms with Crippen LogP contribution in [0.1, 0.15) is 0 Å². The van der Waals surface area contributed by atoms with E-state index in [1.165, 1.54) is 0 Å². The van der Waals surface area contributed by atoms with E-state index in [4.69, 9.17) is 46.4 Å². The molecule has 0 aromatic heterocycles.